The van der Waals surface area contributed by atoms with E-state index < -0.39 is 6.69 Å². The summed E-state index contributed by atoms with van der Waals surface area (Å²) < 4.78 is 0. The zero-order chi connectivity index (χ0) is 9.41. The molecular weight excluding hydrogens is 209 g/mol. The molecule has 0 aliphatic rings. The van der Waals surface area contributed by atoms with Gasteiger partial charge in [-0.15, -0.1) is 22.2 Å². The Morgan fingerprint density at radius 2 is 1.92 bits per heavy atom. The van der Waals surface area contributed by atoms with Crippen LogP contribution in [0.5, 0.6) is 0 Å². The molecule has 0 radical (unpaired) electrons. The highest BCUT2D eigenvalue weighted by molar-refractivity contribution is 7.51. The molecule has 0 fully saturated rings. The Morgan fingerprint density at radius 3 is 2.25 bits per heavy atom. The van der Waals surface area contributed by atoms with E-state index in [1.807, 2.05) is 18.3 Å². The fourth-order valence-electron chi connectivity index (χ4n) is 0.930. The lowest BCUT2D eigenvalue weighted by atomic mass is 10.3. The highest BCUT2D eigenvalue weighted by Gasteiger charge is 2.44. The number of H-pyrrole nitrogens is 1. The van der Waals surface area contributed by atoms with Gasteiger partial charge in [-0.3, -0.25) is 0 Å². The fraction of sp³-hybridized carbons (Fsp3) is 0.500. The Kier molecular flexibility index (Phi) is 2.62. The minimum absolute atomic E-state index is 0.0407. The van der Waals surface area contributed by atoms with Crippen LogP contribution in [0.3, 0.4) is 0 Å². The molecule has 4 heteroatoms. The van der Waals surface area contributed by atoms with E-state index in [0.717, 1.165) is 5.32 Å². The summed E-state index contributed by atoms with van der Waals surface area (Å²) in [6.07, 6.45) is 1.85. The lowest BCUT2D eigenvalue weighted by Crippen LogP contribution is -2.45. The zero-order valence-electron chi connectivity index (χ0n) is 7.49. The molecule has 0 saturated heterocycles. The highest BCUT2D eigenvalue weighted by Crippen LogP contribution is 2.40. The van der Waals surface area contributed by atoms with Crippen molar-refractivity contribution in [1.82, 2.24) is 4.98 Å². The van der Waals surface area contributed by atoms with Crippen molar-refractivity contribution in [2.24, 2.45) is 0 Å². The van der Waals surface area contributed by atoms with Crippen LogP contribution < -0.4 is 5.32 Å². The first-order valence-corrected chi connectivity index (χ1v) is 7.90. The van der Waals surface area contributed by atoms with Crippen LogP contribution in [0.15, 0.2) is 18.3 Å². The Bertz CT molecular complexity index is 249. The molecule has 0 aromatic carbocycles. The van der Waals surface area contributed by atoms with Gasteiger partial charge in [0.15, 0.2) is 0 Å². The summed E-state index contributed by atoms with van der Waals surface area (Å²) in [7, 11) is 0. The average molecular weight is 222 g/mol. The van der Waals surface area contributed by atoms with E-state index in [9.17, 15) is 0 Å². The van der Waals surface area contributed by atoms with E-state index >= 15 is 0 Å². The first-order chi connectivity index (χ1) is 5.36. The molecule has 0 saturated carbocycles. The third kappa shape index (κ3) is 1.70. The van der Waals surface area contributed by atoms with Crippen molar-refractivity contribution in [3.8, 4) is 0 Å². The lowest BCUT2D eigenvalue weighted by Gasteiger charge is -2.30. The van der Waals surface area contributed by atoms with Gasteiger partial charge in [0.05, 0.1) is 0 Å². The summed E-state index contributed by atoms with van der Waals surface area (Å²) >= 11 is 12.7. The molecule has 0 atom stereocenters. The van der Waals surface area contributed by atoms with Gasteiger partial charge in [0.25, 0.3) is 0 Å². The van der Waals surface area contributed by atoms with E-state index in [0.29, 0.717) is 0 Å². The summed E-state index contributed by atoms with van der Waals surface area (Å²) in [5.74, 6) is 0. The normalized spacial score (nSPS) is 13.4. The number of hydrogen-bond donors (Lipinski definition) is 1. The summed E-state index contributed by atoms with van der Waals surface area (Å²) in [6.45, 7) is 3.87. The number of aromatic amines is 1. The minimum atomic E-state index is -2.34. The first-order valence-electron chi connectivity index (χ1n) is 3.87. The molecule has 1 aromatic rings. The van der Waals surface area contributed by atoms with E-state index in [4.69, 9.17) is 22.2 Å². The standard InChI is InChI=1S/C8H13Cl2NSi/c1-8(2,3)12(9,10)7-5-4-6-11-7/h4-6,11H,1-3H3. The molecule has 0 aliphatic carbocycles. The van der Waals surface area contributed by atoms with E-state index in [2.05, 4.69) is 25.8 Å². The second-order valence-electron chi connectivity index (χ2n) is 3.91. The number of aromatic nitrogens is 1. The molecule has 1 N–H and O–H groups in total. The maximum atomic E-state index is 6.35. The summed E-state index contributed by atoms with van der Waals surface area (Å²) in [4.78, 5) is 3.08. The van der Waals surface area contributed by atoms with Crippen molar-refractivity contribution >= 4 is 34.2 Å². The van der Waals surface area contributed by atoms with Gasteiger partial charge in [-0.05, 0) is 17.2 Å². The van der Waals surface area contributed by atoms with Gasteiger partial charge in [-0.2, -0.15) is 0 Å². The second kappa shape index (κ2) is 3.09. The van der Waals surface area contributed by atoms with Crippen LogP contribution in [0, 0.1) is 0 Å². The molecule has 0 bridgehead atoms. The smallest absolute Gasteiger partial charge is 0.301 e. The fourth-order valence-corrected chi connectivity index (χ4v) is 3.01. The molecule has 1 heterocycles. The zero-order valence-corrected chi connectivity index (χ0v) is 10.00. The van der Waals surface area contributed by atoms with Crippen molar-refractivity contribution in [3.05, 3.63) is 18.3 Å². The summed E-state index contributed by atoms with van der Waals surface area (Å²) in [5, 5.41) is 0.944. The van der Waals surface area contributed by atoms with Crippen molar-refractivity contribution < 1.29 is 0 Å². The molecule has 68 valence electrons. The molecule has 0 unspecified atom stereocenters. The van der Waals surface area contributed by atoms with Crippen molar-refractivity contribution in [1.29, 1.82) is 0 Å². The highest BCUT2D eigenvalue weighted by atomic mass is 35.7. The number of rotatable bonds is 1. The molecule has 0 spiro atoms. The van der Waals surface area contributed by atoms with Crippen molar-refractivity contribution in [3.63, 3.8) is 0 Å². The Morgan fingerprint density at radius 1 is 1.33 bits per heavy atom. The van der Waals surface area contributed by atoms with Crippen molar-refractivity contribution in [2.45, 2.75) is 25.8 Å². The van der Waals surface area contributed by atoms with Crippen LogP contribution in [0.1, 0.15) is 20.8 Å². The second-order valence-corrected chi connectivity index (χ2v) is 11.1. The predicted molar refractivity (Wildman–Crippen MR) is 57.6 cm³/mol. The van der Waals surface area contributed by atoms with Crippen LogP contribution in [0.2, 0.25) is 5.04 Å². The lowest BCUT2D eigenvalue weighted by molar-refractivity contribution is 0.748. The van der Waals surface area contributed by atoms with Crippen molar-refractivity contribution in [2.75, 3.05) is 0 Å². The van der Waals surface area contributed by atoms with Crippen LogP contribution >= 0.6 is 22.2 Å². The van der Waals surface area contributed by atoms with E-state index in [1.165, 1.54) is 0 Å². The number of hydrogen-bond acceptors (Lipinski definition) is 0. The van der Waals surface area contributed by atoms with Gasteiger partial charge in [-0.1, -0.05) is 20.8 Å². The minimum Gasteiger partial charge on any atom is -0.366 e. The number of halogens is 2. The van der Waals surface area contributed by atoms with Gasteiger partial charge in [0, 0.05) is 11.5 Å². The maximum absolute atomic E-state index is 6.35. The van der Waals surface area contributed by atoms with Gasteiger partial charge in [0.2, 0.25) is 0 Å². The molecule has 1 nitrogen and oxygen atoms in total. The van der Waals surface area contributed by atoms with Gasteiger partial charge >= 0.3 is 6.69 Å². The SMILES string of the molecule is CC(C)(C)[Si](Cl)(Cl)c1ccc[nH]1. The average Bonchev–Trinajstić information content (AvgIpc) is 2.34. The predicted octanol–water partition coefficient (Wildman–Crippen LogP) is 2.94. The van der Waals surface area contributed by atoms with Gasteiger partial charge < -0.3 is 4.98 Å². The molecule has 0 aliphatic heterocycles. The van der Waals surface area contributed by atoms with Gasteiger partial charge in [-0.25, -0.2) is 0 Å². The Labute approximate surface area is 83.5 Å². The Balaban J connectivity index is 3.02. The quantitative estimate of drug-likeness (QED) is 0.555. The first kappa shape index (κ1) is 10.2. The summed E-state index contributed by atoms with van der Waals surface area (Å²) in [6, 6.07) is 3.88. The number of nitrogens with one attached hydrogen (secondary N) is 1. The van der Waals surface area contributed by atoms with Crippen LogP contribution in [0.4, 0.5) is 0 Å². The third-order valence-corrected chi connectivity index (χ3v) is 9.37. The van der Waals surface area contributed by atoms with E-state index in [-0.39, 0.29) is 5.04 Å². The monoisotopic (exact) mass is 221 g/mol. The molecule has 1 rings (SSSR count). The van der Waals surface area contributed by atoms with Gasteiger partial charge in [0.1, 0.15) is 0 Å². The molecule has 12 heavy (non-hydrogen) atoms. The Hall–Kier alpha value is 0.0769. The summed E-state index contributed by atoms with van der Waals surface area (Å²) in [5.41, 5.74) is 0. The van der Waals surface area contributed by atoms with E-state index in [1.54, 1.807) is 0 Å². The van der Waals surface area contributed by atoms with Crippen LogP contribution in [-0.4, -0.2) is 11.7 Å². The van der Waals surface area contributed by atoms with Crippen LogP contribution in [-0.2, 0) is 0 Å². The molecular formula is C8H13Cl2NSi. The topological polar surface area (TPSA) is 15.8 Å². The largest absolute Gasteiger partial charge is 0.366 e. The molecule has 1 aromatic heterocycles. The third-order valence-electron chi connectivity index (χ3n) is 1.88. The van der Waals surface area contributed by atoms with Crippen LogP contribution in [0.25, 0.3) is 0 Å². The maximum Gasteiger partial charge on any atom is 0.301 e. The molecule has 0 amide bonds.